The number of nitrogens with zero attached hydrogens (tertiary/aromatic N) is 1. The maximum atomic E-state index is 6.14. The van der Waals surface area contributed by atoms with Crippen molar-refractivity contribution in [3.05, 3.63) is 23.8 Å². The van der Waals surface area contributed by atoms with Crippen LogP contribution in [0.2, 0.25) is 0 Å². The molecule has 2 aliphatic heterocycles. The van der Waals surface area contributed by atoms with Gasteiger partial charge in [-0.1, -0.05) is 12.1 Å². The maximum absolute atomic E-state index is 6.14. The third-order valence-corrected chi connectivity index (χ3v) is 3.69. The van der Waals surface area contributed by atoms with E-state index in [-0.39, 0.29) is 0 Å². The van der Waals surface area contributed by atoms with Crippen LogP contribution in [0.25, 0.3) is 0 Å². The van der Waals surface area contributed by atoms with Crippen molar-refractivity contribution in [2.24, 2.45) is 0 Å². The summed E-state index contributed by atoms with van der Waals surface area (Å²) in [7, 11) is 0. The standard InChI is InChI=1S/C13H18N2O/c1-9-3-2-4-12(13(9)14)15-7-10-5-6-11(8-15)16-10/h2-4,10-11H,5-8,14H2,1H3. The van der Waals surface area contributed by atoms with Gasteiger partial charge in [-0.25, -0.2) is 0 Å². The molecule has 0 spiro atoms. The summed E-state index contributed by atoms with van der Waals surface area (Å²) < 4.78 is 5.84. The molecule has 0 aromatic heterocycles. The Hall–Kier alpha value is -1.22. The van der Waals surface area contributed by atoms with Crippen LogP contribution in [0.3, 0.4) is 0 Å². The first-order valence-electron chi connectivity index (χ1n) is 5.99. The lowest BCUT2D eigenvalue weighted by molar-refractivity contribution is 0.0305. The van der Waals surface area contributed by atoms with Crippen LogP contribution in [-0.2, 0) is 4.74 Å². The highest BCUT2D eigenvalue weighted by Crippen LogP contribution is 2.33. The first-order chi connectivity index (χ1) is 7.74. The Morgan fingerprint density at radius 3 is 2.62 bits per heavy atom. The average Bonchev–Trinajstić information content (AvgIpc) is 2.62. The Bertz CT molecular complexity index is 393. The number of hydrogen-bond acceptors (Lipinski definition) is 3. The van der Waals surface area contributed by atoms with Crippen LogP contribution in [0.1, 0.15) is 18.4 Å². The van der Waals surface area contributed by atoms with Crippen molar-refractivity contribution in [2.45, 2.75) is 32.0 Å². The number of morpholine rings is 1. The second-order valence-electron chi connectivity index (χ2n) is 4.87. The number of rotatable bonds is 1. The van der Waals surface area contributed by atoms with E-state index in [1.54, 1.807) is 0 Å². The molecule has 0 amide bonds. The number of ether oxygens (including phenoxy) is 1. The molecule has 2 saturated heterocycles. The highest BCUT2D eigenvalue weighted by molar-refractivity contribution is 5.71. The van der Waals surface area contributed by atoms with Gasteiger partial charge >= 0.3 is 0 Å². The summed E-state index contributed by atoms with van der Waals surface area (Å²) in [4.78, 5) is 2.38. The number of aryl methyl sites for hydroxylation is 1. The number of nitrogens with two attached hydrogens (primary N) is 1. The molecule has 2 unspecified atom stereocenters. The molecule has 3 nitrogen and oxygen atoms in total. The van der Waals surface area contributed by atoms with Crippen molar-refractivity contribution < 1.29 is 4.74 Å². The second kappa shape index (κ2) is 3.67. The Morgan fingerprint density at radius 1 is 1.25 bits per heavy atom. The van der Waals surface area contributed by atoms with Gasteiger partial charge in [0.15, 0.2) is 0 Å². The Morgan fingerprint density at radius 2 is 1.94 bits per heavy atom. The van der Waals surface area contributed by atoms with E-state index in [2.05, 4.69) is 30.0 Å². The molecule has 1 aromatic rings. The lowest BCUT2D eigenvalue weighted by atomic mass is 10.1. The predicted molar refractivity (Wildman–Crippen MR) is 65.7 cm³/mol. The summed E-state index contributed by atoms with van der Waals surface area (Å²) >= 11 is 0. The number of nitrogen functional groups attached to an aromatic ring is 1. The SMILES string of the molecule is Cc1cccc(N2CC3CCC(C2)O3)c1N. The van der Waals surface area contributed by atoms with E-state index in [1.807, 2.05) is 0 Å². The monoisotopic (exact) mass is 218 g/mol. The fraction of sp³-hybridized carbons (Fsp3) is 0.538. The van der Waals surface area contributed by atoms with E-state index in [0.29, 0.717) is 12.2 Å². The van der Waals surface area contributed by atoms with Crippen molar-refractivity contribution in [1.82, 2.24) is 0 Å². The van der Waals surface area contributed by atoms with Gasteiger partial charge in [-0.05, 0) is 31.4 Å². The molecule has 2 atom stereocenters. The molecular weight excluding hydrogens is 200 g/mol. The van der Waals surface area contributed by atoms with Gasteiger partial charge in [0.25, 0.3) is 0 Å². The van der Waals surface area contributed by atoms with Gasteiger partial charge in [0, 0.05) is 13.1 Å². The summed E-state index contributed by atoms with van der Waals surface area (Å²) in [6, 6.07) is 6.26. The van der Waals surface area contributed by atoms with Gasteiger partial charge in [-0.15, -0.1) is 0 Å². The number of fused-ring (bicyclic) bond motifs is 2. The largest absolute Gasteiger partial charge is 0.397 e. The zero-order chi connectivity index (χ0) is 11.1. The smallest absolute Gasteiger partial charge is 0.0755 e. The maximum Gasteiger partial charge on any atom is 0.0755 e. The van der Waals surface area contributed by atoms with E-state index >= 15 is 0 Å². The van der Waals surface area contributed by atoms with Crippen molar-refractivity contribution in [3.63, 3.8) is 0 Å². The molecule has 2 heterocycles. The van der Waals surface area contributed by atoms with Crippen molar-refractivity contribution in [2.75, 3.05) is 23.7 Å². The van der Waals surface area contributed by atoms with E-state index in [9.17, 15) is 0 Å². The van der Waals surface area contributed by atoms with Crippen LogP contribution in [-0.4, -0.2) is 25.3 Å². The van der Waals surface area contributed by atoms with Crippen LogP contribution in [0.5, 0.6) is 0 Å². The van der Waals surface area contributed by atoms with Crippen LogP contribution in [0, 0.1) is 6.92 Å². The van der Waals surface area contributed by atoms with Crippen LogP contribution >= 0.6 is 0 Å². The molecule has 2 aliphatic rings. The molecule has 0 saturated carbocycles. The third-order valence-electron chi connectivity index (χ3n) is 3.69. The lowest BCUT2D eigenvalue weighted by Crippen LogP contribution is -2.42. The molecular formula is C13H18N2O. The topological polar surface area (TPSA) is 38.5 Å². The van der Waals surface area contributed by atoms with Crippen LogP contribution < -0.4 is 10.6 Å². The quantitative estimate of drug-likeness (QED) is 0.732. The van der Waals surface area contributed by atoms with E-state index in [0.717, 1.165) is 24.3 Å². The minimum Gasteiger partial charge on any atom is -0.397 e. The molecule has 16 heavy (non-hydrogen) atoms. The van der Waals surface area contributed by atoms with Gasteiger partial charge in [-0.3, -0.25) is 0 Å². The Labute approximate surface area is 96.2 Å². The summed E-state index contributed by atoms with van der Waals surface area (Å²) in [5, 5.41) is 0. The third kappa shape index (κ3) is 1.55. The Kier molecular flexibility index (Phi) is 2.28. The van der Waals surface area contributed by atoms with Gasteiger partial charge in [-0.2, -0.15) is 0 Å². The molecule has 2 N–H and O–H groups in total. The van der Waals surface area contributed by atoms with Crippen LogP contribution in [0.15, 0.2) is 18.2 Å². The fourth-order valence-corrected chi connectivity index (χ4v) is 2.75. The number of anilines is 2. The van der Waals surface area contributed by atoms with Gasteiger partial charge in [0.2, 0.25) is 0 Å². The molecule has 3 heteroatoms. The van der Waals surface area contributed by atoms with E-state index in [4.69, 9.17) is 10.5 Å². The van der Waals surface area contributed by atoms with Crippen molar-refractivity contribution in [3.8, 4) is 0 Å². The fourth-order valence-electron chi connectivity index (χ4n) is 2.75. The van der Waals surface area contributed by atoms with Gasteiger partial charge < -0.3 is 15.4 Å². The van der Waals surface area contributed by atoms with Gasteiger partial charge in [0.05, 0.1) is 23.6 Å². The summed E-state index contributed by atoms with van der Waals surface area (Å²) in [6.07, 6.45) is 3.23. The zero-order valence-electron chi connectivity index (χ0n) is 9.65. The highest BCUT2D eigenvalue weighted by Gasteiger charge is 2.34. The lowest BCUT2D eigenvalue weighted by Gasteiger charge is -2.34. The van der Waals surface area contributed by atoms with E-state index < -0.39 is 0 Å². The number of para-hydroxylation sites is 1. The van der Waals surface area contributed by atoms with E-state index in [1.165, 1.54) is 18.5 Å². The van der Waals surface area contributed by atoms with Crippen molar-refractivity contribution >= 4 is 11.4 Å². The summed E-state index contributed by atoms with van der Waals surface area (Å²) in [5.41, 5.74) is 9.41. The number of hydrogen-bond donors (Lipinski definition) is 1. The molecule has 86 valence electrons. The molecule has 0 aliphatic carbocycles. The zero-order valence-corrected chi connectivity index (χ0v) is 9.65. The molecule has 1 aromatic carbocycles. The Balaban J connectivity index is 1.89. The molecule has 3 rings (SSSR count). The minimum atomic E-state index is 0.415. The summed E-state index contributed by atoms with van der Waals surface area (Å²) in [6.45, 7) is 4.04. The highest BCUT2D eigenvalue weighted by atomic mass is 16.5. The first-order valence-corrected chi connectivity index (χ1v) is 5.99. The number of benzene rings is 1. The molecule has 0 radical (unpaired) electrons. The van der Waals surface area contributed by atoms with Gasteiger partial charge in [0.1, 0.15) is 0 Å². The normalized spacial score (nSPS) is 28.4. The first kappa shape index (κ1) is 9.97. The average molecular weight is 218 g/mol. The van der Waals surface area contributed by atoms with Crippen molar-refractivity contribution in [1.29, 1.82) is 0 Å². The minimum absolute atomic E-state index is 0.415. The molecule has 2 fully saturated rings. The predicted octanol–water partition coefficient (Wildman–Crippen LogP) is 1.94. The summed E-state index contributed by atoms with van der Waals surface area (Å²) in [5.74, 6) is 0. The molecule has 2 bridgehead atoms. The van der Waals surface area contributed by atoms with Crippen LogP contribution in [0.4, 0.5) is 11.4 Å². The second-order valence-corrected chi connectivity index (χ2v) is 4.87.